The minimum absolute atomic E-state index is 0.158. The van der Waals surface area contributed by atoms with E-state index in [0.717, 1.165) is 0 Å². The summed E-state index contributed by atoms with van der Waals surface area (Å²) < 4.78 is 5.61. The van der Waals surface area contributed by atoms with Crippen LogP contribution in [0.4, 0.5) is 5.69 Å². The highest BCUT2D eigenvalue weighted by Crippen LogP contribution is 2.35. The number of anilines is 1. The fourth-order valence-corrected chi connectivity index (χ4v) is 1.86. The van der Waals surface area contributed by atoms with E-state index in [-0.39, 0.29) is 12.3 Å². The summed E-state index contributed by atoms with van der Waals surface area (Å²) in [6.45, 7) is 3.32. The molecule has 1 aromatic rings. The molecular weight excluding hydrogens is 248 g/mol. The number of hydrogen-bond donors (Lipinski definition) is 3. The Bertz CT molecular complexity index is 539. The number of rotatable bonds is 3. The molecule has 0 saturated carbocycles. The zero-order valence-electron chi connectivity index (χ0n) is 10.8. The molecule has 0 bridgehead atoms. The monoisotopic (exact) mass is 264 g/mol. The lowest BCUT2D eigenvalue weighted by Gasteiger charge is -2.32. The van der Waals surface area contributed by atoms with Crippen LogP contribution in [0.5, 0.6) is 5.75 Å². The Kier molecular flexibility index (Phi) is 3.20. The molecule has 19 heavy (non-hydrogen) atoms. The normalized spacial score (nSPS) is 17.9. The third-order valence-electron chi connectivity index (χ3n) is 2.99. The quantitative estimate of drug-likeness (QED) is 0.763. The van der Waals surface area contributed by atoms with E-state index in [1.807, 2.05) is 0 Å². The van der Waals surface area contributed by atoms with E-state index >= 15 is 0 Å². The number of hydrogen-bond acceptors (Lipinski definition) is 4. The number of carboxylic acids is 1. The standard InChI is InChI=1S/C13H16N2O4/c1-13(2)12(18)15-9-4-3-7(5-10(9)19-13)8(14)6-11(16)17/h3-5,8H,6,14H2,1-2H3,(H,15,18)(H,16,17). The first-order valence-electron chi connectivity index (χ1n) is 5.91. The Balaban J connectivity index is 2.29. The fourth-order valence-electron chi connectivity index (χ4n) is 1.86. The lowest BCUT2D eigenvalue weighted by atomic mass is 10.0. The number of aliphatic carboxylic acids is 1. The van der Waals surface area contributed by atoms with Gasteiger partial charge in [0, 0.05) is 6.04 Å². The van der Waals surface area contributed by atoms with E-state index < -0.39 is 17.6 Å². The molecule has 0 aliphatic carbocycles. The van der Waals surface area contributed by atoms with Crippen LogP contribution in [0, 0.1) is 0 Å². The van der Waals surface area contributed by atoms with Crippen LogP contribution in [0.1, 0.15) is 31.9 Å². The number of carbonyl (C=O) groups excluding carboxylic acids is 1. The maximum absolute atomic E-state index is 11.7. The van der Waals surface area contributed by atoms with E-state index in [2.05, 4.69) is 5.32 Å². The van der Waals surface area contributed by atoms with Crippen molar-refractivity contribution in [3.05, 3.63) is 23.8 Å². The molecular formula is C13H16N2O4. The van der Waals surface area contributed by atoms with E-state index in [1.165, 1.54) is 0 Å². The molecule has 102 valence electrons. The van der Waals surface area contributed by atoms with Crippen LogP contribution in [0.2, 0.25) is 0 Å². The largest absolute Gasteiger partial charge is 0.481 e. The molecule has 0 aromatic heterocycles. The van der Waals surface area contributed by atoms with Crippen molar-refractivity contribution in [1.29, 1.82) is 0 Å². The Morgan fingerprint density at radius 3 is 2.84 bits per heavy atom. The van der Waals surface area contributed by atoms with Crippen LogP contribution in [-0.4, -0.2) is 22.6 Å². The molecule has 1 heterocycles. The van der Waals surface area contributed by atoms with Crippen molar-refractivity contribution < 1.29 is 19.4 Å². The predicted octanol–water partition coefficient (Wildman–Crippen LogP) is 1.27. The first kappa shape index (κ1) is 13.4. The Labute approximate surface area is 110 Å². The van der Waals surface area contributed by atoms with E-state index in [4.69, 9.17) is 15.6 Å². The summed E-state index contributed by atoms with van der Waals surface area (Å²) in [5, 5.41) is 11.5. The fraction of sp³-hybridized carbons (Fsp3) is 0.385. The van der Waals surface area contributed by atoms with Crippen molar-refractivity contribution >= 4 is 17.6 Å². The van der Waals surface area contributed by atoms with Crippen molar-refractivity contribution in [1.82, 2.24) is 0 Å². The second-order valence-corrected chi connectivity index (χ2v) is 5.03. The van der Waals surface area contributed by atoms with Crippen molar-refractivity contribution in [3.8, 4) is 5.75 Å². The molecule has 1 unspecified atom stereocenters. The molecule has 0 saturated heterocycles. The summed E-state index contributed by atoms with van der Waals surface area (Å²) in [6.07, 6.45) is -0.158. The van der Waals surface area contributed by atoms with Gasteiger partial charge < -0.3 is 20.9 Å². The van der Waals surface area contributed by atoms with Gasteiger partial charge in [-0.1, -0.05) is 6.07 Å². The average molecular weight is 264 g/mol. The van der Waals surface area contributed by atoms with Gasteiger partial charge >= 0.3 is 5.97 Å². The number of carboxylic acid groups (broad SMARTS) is 1. The Morgan fingerprint density at radius 2 is 2.21 bits per heavy atom. The minimum Gasteiger partial charge on any atom is -0.481 e. The van der Waals surface area contributed by atoms with Crippen LogP contribution in [0.15, 0.2) is 18.2 Å². The Hall–Kier alpha value is -2.08. The second-order valence-electron chi connectivity index (χ2n) is 5.03. The predicted molar refractivity (Wildman–Crippen MR) is 69.0 cm³/mol. The summed E-state index contributed by atoms with van der Waals surface area (Å²) in [4.78, 5) is 22.4. The maximum Gasteiger partial charge on any atom is 0.305 e. The third kappa shape index (κ3) is 2.68. The summed E-state index contributed by atoms with van der Waals surface area (Å²) in [6, 6.07) is 4.42. The summed E-state index contributed by atoms with van der Waals surface area (Å²) in [5.74, 6) is -0.676. The van der Waals surface area contributed by atoms with Gasteiger partial charge in [0.15, 0.2) is 5.60 Å². The SMILES string of the molecule is CC1(C)Oc2cc(C(N)CC(=O)O)ccc2NC1=O. The summed E-state index contributed by atoms with van der Waals surface area (Å²) in [5.41, 5.74) is 6.07. The van der Waals surface area contributed by atoms with Gasteiger partial charge in [-0.15, -0.1) is 0 Å². The first-order chi connectivity index (χ1) is 8.79. The molecule has 4 N–H and O–H groups in total. The molecule has 6 heteroatoms. The van der Waals surface area contributed by atoms with Gasteiger partial charge in [-0.3, -0.25) is 9.59 Å². The van der Waals surface area contributed by atoms with Gasteiger partial charge in [-0.25, -0.2) is 0 Å². The van der Waals surface area contributed by atoms with Crippen LogP contribution >= 0.6 is 0 Å². The summed E-state index contributed by atoms with van der Waals surface area (Å²) >= 11 is 0. The van der Waals surface area contributed by atoms with Gasteiger partial charge in [-0.05, 0) is 31.5 Å². The molecule has 1 aromatic carbocycles. The van der Waals surface area contributed by atoms with E-state index in [0.29, 0.717) is 17.0 Å². The van der Waals surface area contributed by atoms with Crippen LogP contribution in [-0.2, 0) is 9.59 Å². The highest BCUT2D eigenvalue weighted by molar-refractivity contribution is 6.00. The molecule has 0 fully saturated rings. The van der Waals surface area contributed by atoms with Gasteiger partial charge in [-0.2, -0.15) is 0 Å². The summed E-state index contributed by atoms with van der Waals surface area (Å²) in [7, 11) is 0. The van der Waals surface area contributed by atoms with Gasteiger partial charge in [0.05, 0.1) is 12.1 Å². The van der Waals surface area contributed by atoms with Crippen molar-refractivity contribution in [2.75, 3.05) is 5.32 Å². The van der Waals surface area contributed by atoms with Crippen molar-refractivity contribution in [2.24, 2.45) is 5.73 Å². The molecule has 0 spiro atoms. The number of nitrogens with one attached hydrogen (secondary N) is 1. The number of benzene rings is 1. The zero-order valence-corrected chi connectivity index (χ0v) is 10.8. The second kappa shape index (κ2) is 4.55. The van der Waals surface area contributed by atoms with E-state index in [1.54, 1.807) is 32.0 Å². The molecule has 1 atom stereocenters. The molecule has 1 aliphatic rings. The number of amides is 1. The lowest BCUT2D eigenvalue weighted by molar-refractivity contribution is -0.137. The van der Waals surface area contributed by atoms with E-state index in [9.17, 15) is 9.59 Å². The van der Waals surface area contributed by atoms with Gasteiger partial charge in [0.2, 0.25) is 0 Å². The highest BCUT2D eigenvalue weighted by atomic mass is 16.5. The zero-order chi connectivity index (χ0) is 14.2. The topological polar surface area (TPSA) is 102 Å². The smallest absolute Gasteiger partial charge is 0.305 e. The maximum atomic E-state index is 11.7. The molecule has 1 amide bonds. The average Bonchev–Trinajstić information content (AvgIpc) is 2.28. The van der Waals surface area contributed by atoms with Crippen LogP contribution in [0.25, 0.3) is 0 Å². The lowest BCUT2D eigenvalue weighted by Crippen LogP contribution is -2.45. The first-order valence-corrected chi connectivity index (χ1v) is 5.91. The molecule has 6 nitrogen and oxygen atoms in total. The minimum atomic E-state index is -0.959. The molecule has 0 radical (unpaired) electrons. The molecule has 2 rings (SSSR count). The third-order valence-corrected chi connectivity index (χ3v) is 2.99. The Morgan fingerprint density at radius 1 is 1.53 bits per heavy atom. The van der Waals surface area contributed by atoms with Crippen LogP contribution < -0.4 is 15.8 Å². The molecule has 1 aliphatic heterocycles. The number of fused-ring (bicyclic) bond motifs is 1. The van der Waals surface area contributed by atoms with Crippen molar-refractivity contribution in [2.45, 2.75) is 31.9 Å². The highest BCUT2D eigenvalue weighted by Gasteiger charge is 2.35. The number of carbonyl (C=O) groups is 2. The van der Waals surface area contributed by atoms with Gasteiger partial charge in [0.1, 0.15) is 5.75 Å². The van der Waals surface area contributed by atoms with Crippen LogP contribution in [0.3, 0.4) is 0 Å². The number of ether oxygens (including phenoxy) is 1. The number of nitrogens with two attached hydrogens (primary N) is 1. The van der Waals surface area contributed by atoms with Gasteiger partial charge in [0.25, 0.3) is 5.91 Å². The van der Waals surface area contributed by atoms with Crippen molar-refractivity contribution in [3.63, 3.8) is 0 Å².